The number of fused-ring (bicyclic) bond motifs is 1. The van der Waals surface area contributed by atoms with Crippen LogP contribution in [0.2, 0.25) is 0 Å². The SMILES string of the molecule is O=C(COc1ccccc1-c1ccc2cccnc2n1)N/N=C/c1ccccc1. The standard InChI is InChI=1S/C23H18N4O2/c28-22(27-25-15-17-7-2-1-3-8-17)16-29-21-11-5-4-10-19(21)20-13-12-18-9-6-14-24-23(18)26-20/h1-15H,16H2,(H,27,28)/b25-15+. The number of aromatic nitrogens is 2. The summed E-state index contributed by atoms with van der Waals surface area (Å²) in [4.78, 5) is 21.0. The van der Waals surface area contributed by atoms with Crippen LogP contribution < -0.4 is 10.2 Å². The topological polar surface area (TPSA) is 76.5 Å². The van der Waals surface area contributed by atoms with E-state index in [0.29, 0.717) is 11.4 Å². The first kappa shape index (κ1) is 18.3. The first-order valence-electron chi connectivity index (χ1n) is 9.10. The molecule has 0 aliphatic heterocycles. The van der Waals surface area contributed by atoms with Gasteiger partial charge in [0.15, 0.2) is 12.3 Å². The van der Waals surface area contributed by atoms with Gasteiger partial charge >= 0.3 is 0 Å². The van der Waals surface area contributed by atoms with Crippen LogP contribution in [0.3, 0.4) is 0 Å². The molecule has 142 valence electrons. The molecule has 1 amide bonds. The highest BCUT2D eigenvalue weighted by molar-refractivity contribution is 5.83. The van der Waals surface area contributed by atoms with Crippen molar-refractivity contribution in [3.63, 3.8) is 0 Å². The number of nitrogens with one attached hydrogen (secondary N) is 1. The van der Waals surface area contributed by atoms with Crippen LogP contribution in [0.25, 0.3) is 22.3 Å². The number of hydrazone groups is 1. The van der Waals surface area contributed by atoms with E-state index in [0.717, 1.165) is 22.2 Å². The van der Waals surface area contributed by atoms with Gasteiger partial charge in [-0.3, -0.25) is 4.79 Å². The number of para-hydroxylation sites is 1. The fourth-order valence-corrected chi connectivity index (χ4v) is 2.80. The number of carbonyl (C=O) groups is 1. The maximum absolute atomic E-state index is 12.1. The van der Waals surface area contributed by atoms with Gasteiger partial charge in [-0.15, -0.1) is 0 Å². The summed E-state index contributed by atoms with van der Waals surface area (Å²) < 4.78 is 5.72. The summed E-state index contributed by atoms with van der Waals surface area (Å²) in [7, 11) is 0. The van der Waals surface area contributed by atoms with E-state index >= 15 is 0 Å². The number of hydrogen-bond acceptors (Lipinski definition) is 5. The summed E-state index contributed by atoms with van der Waals surface area (Å²) in [5.41, 5.74) is 5.55. The molecule has 4 rings (SSSR count). The number of rotatable bonds is 6. The van der Waals surface area contributed by atoms with E-state index in [1.165, 1.54) is 0 Å². The molecule has 0 unspecified atom stereocenters. The van der Waals surface area contributed by atoms with Gasteiger partial charge in [0.25, 0.3) is 5.91 Å². The first-order valence-corrected chi connectivity index (χ1v) is 9.10. The molecule has 1 N–H and O–H groups in total. The smallest absolute Gasteiger partial charge is 0.277 e. The summed E-state index contributed by atoms with van der Waals surface area (Å²) in [6.07, 6.45) is 3.29. The first-order chi connectivity index (χ1) is 14.3. The lowest BCUT2D eigenvalue weighted by atomic mass is 10.1. The van der Waals surface area contributed by atoms with Crippen molar-refractivity contribution in [1.82, 2.24) is 15.4 Å². The maximum Gasteiger partial charge on any atom is 0.277 e. The van der Waals surface area contributed by atoms with Crippen LogP contribution in [0.1, 0.15) is 5.56 Å². The fourth-order valence-electron chi connectivity index (χ4n) is 2.80. The Bertz CT molecular complexity index is 1160. The Morgan fingerprint density at radius 2 is 1.79 bits per heavy atom. The van der Waals surface area contributed by atoms with Crippen molar-refractivity contribution in [2.24, 2.45) is 5.10 Å². The van der Waals surface area contributed by atoms with Gasteiger partial charge in [0.1, 0.15) is 5.75 Å². The third-order valence-electron chi connectivity index (χ3n) is 4.19. The van der Waals surface area contributed by atoms with Crippen LogP contribution in [0.15, 0.2) is 90.2 Å². The minimum Gasteiger partial charge on any atom is -0.483 e. The molecule has 6 heteroatoms. The highest BCUT2D eigenvalue weighted by Gasteiger charge is 2.10. The third kappa shape index (κ3) is 4.62. The normalized spacial score (nSPS) is 10.9. The molecule has 0 bridgehead atoms. The van der Waals surface area contributed by atoms with E-state index in [1.807, 2.05) is 72.8 Å². The molecule has 2 aromatic carbocycles. The molecule has 0 saturated heterocycles. The number of benzene rings is 2. The molecule has 0 fully saturated rings. The number of amides is 1. The van der Waals surface area contributed by atoms with Crippen LogP contribution in [0.4, 0.5) is 0 Å². The van der Waals surface area contributed by atoms with E-state index in [1.54, 1.807) is 18.5 Å². The van der Waals surface area contributed by atoms with E-state index < -0.39 is 0 Å². The lowest BCUT2D eigenvalue weighted by molar-refractivity contribution is -0.123. The van der Waals surface area contributed by atoms with Crippen LogP contribution in [0, 0.1) is 0 Å². The van der Waals surface area contributed by atoms with Crippen molar-refractivity contribution in [3.05, 3.63) is 90.6 Å². The maximum atomic E-state index is 12.1. The molecule has 0 atom stereocenters. The molecule has 4 aromatic rings. The predicted molar refractivity (Wildman–Crippen MR) is 113 cm³/mol. The second-order valence-corrected chi connectivity index (χ2v) is 6.24. The summed E-state index contributed by atoms with van der Waals surface area (Å²) in [5.74, 6) is 0.220. The summed E-state index contributed by atoms with van der Waals surface area (Å²) in [5, 5.41) is 4.91. The Morgan fingerprint density at radius 1 is 0.966 bits per heavy atom. The lowest BCUT2D eigenvalue weighted by Gasteiger charge is -2.10. The van der Waals surface area contributed by atoms with Gasteiger partial charge in [-0.05, 0) is 42.0 Å². The van der Waals surface area contributed by atoms with Crippen molar-refractivity contribution in [2.45, 2.75) is 0 Å². The molecule has 2 heterocycles. The Balaban J connectivity index is 1.44. The summed E-state index contributed by atoms with van der Waals surface area (Å²) in [6, 6.07) is 24.7. The Hall–Kier alpha value is -4.06. The number of hydrogen-bond donors (Lipinski definition) is 1. The summed E-state index contributed by atoms with van der Waals surface area (Å²) in [6.45, 7) is -0.158. The average molecular weight is 382 g/mol. The fraction of sp³-hybridized carbons (Fsp3) is 0.0435. The van der Waals surface area contributed by atoms with E-state index in [9.17, 15) is 4.79 Å². The van der Waals surface area contributed by atoms with Gasteiger partial charge in [0, 0.05) is 17.1 Å². The molecular formula is C23H18N4O2. The summed E-state index contributed by atoms with van der Waals surface area (Å²) >= 11 is 0. The van der Waals surface area contributed by atoms with Crippen LogP contribution >= 0.6 is 0 Å². The minimum absolute atomic E-state index is 0.158. The van der Waals surface area contributed by atoms with Crippen molar-refractivity contribution >= 4 is 23.2 Å². The molecule has 0 aliphatic rings. The highest BCUT2D eigenvalue weighted by atomic mass is 16.5. The lowest BCUT2D eigenvalue weighted by Crippen LogP contribution is -2.24. The van der Waals surface area contributed by atoms with Crippen LogP contribution in [-0.4, -0.2) is 28.7 Å². The average Bonchev–Trinajstić information content (AvgIpc) is 2.78. The van der Waals surface area contributed by atoms with Crippen molar-refractivity contribution < 1.29 is 9.53 Å². The molecule has 0 aliphatic carbocycles. The molecule has 29 heavy (non-hydrogen) atoms. The molecular weight excluding hydrogens is 364 g/mol. The van der Waals surface area contributed by atoms with Gasteiger partial charge in [0.05, 0.1) is 11.9 Å². The number of ether oxygens (including phenoxy) is 1. The van der Waals surface area contributed by atoms with E-state index in [4.69, 9.17) is 4.74 Å². The number of pyridine rings is 2. The van der Waals surface area contributed by atoms with Gasteiger partial charge in [-0.25, -0.2) is 15.4 Å². The second-order valence-electron chi connectivity index (χ2n) is 6.24. The molecule has 0 radical (unpaired) electrons. The second kappa shape index (κ2) is 8.75. The van der Waals surface area contributed by atoms with Crippen LogP contribution in [0.5, 0.6) is 5.75 Å². The molecule has 0 spiro atoms. The number of nitrogens with zero attached hydrogens (tertiary/aromatic N) is 3. The van der Waals surface area contributed by atoms with Crippen LogP contribution in [-0.2, 0) is 4.79 Å². The van der Waals surface area contributed by atoms with Crippen molar-refractivity contribution in [2.75, 3.05) is 6.61 Å². The van der Waals surface area contributed by atoms with E-state index in [2.05, 4.69) is 20.5 Å². The largest absolute Gasteiger partial charge is 0.483 e. The quantitative estimate of drug-likeness (QED) is 0.406. The Kier molecular flexibility index (Phi) is 5.53. The Labute approximate surface area is 167 Å². The molecule has 6 nitrogen and oxygen atoms in total. The van der Waals surface area contributed by atoms with Crippen molar-refractivity contribution in [1.29, 1.82) is 0 Å². The van der Waals surface area contributed by atoms with Gasteiger partial charge in [-0.2, -0.15) is 5.10 Å². The van der Waals surface area contributed by atoms with Crippen molar-refractivity contribution in [3.8, 4) is 17.0 Å². The monoisotopic (exact) mass is 382 g/mol. The van der Waals surface area contributed by atoms with Gasteiger partial charge < -0.3 is 4.74 Å². The zero-order valence-corrected chi connectivity index (χ0v) is 15.5. The van der Waals surface area contributed by atoms with Gasteiger partial charge in [-0.1, -0.05) is 42.5 Å². The predicted octanol–water partition coefficient (Wildman–Crippen LogP) is 3.83. The number of carbonyl (C=O) groups excluding carboxylic acids is 1. The minimum atomic E-state index is -0.347. The Morgan fingerprint density at radius 3 is 2.69 bits per heavy atom. The van der Waals surface area contributed by atoms with Gasteiger partial charge in [0.2, 0.25) is 0 Å². The zero-order valence-electron chi connectivity index (χ0n) is 15.5. The third-order valence-corrected chi connectivity index (χ3v) is 4.19. The molecule has 0 saturated carbocycles. The van der Waals surface area contributed by atoms with E-state index in [-0.39, 0.29) is 12.5 Å². The molecule has 2 aromatic heterocycles. The highest BCUT2D eigenvalue weighted by Crippen LogP contribution is 2.29. The zero-order chi connectivity index (χ0) is 19.9.